The third-order valence-electron chi connectivity index (χ3n) is 0.784. The highest BCUT2D eigenvalue weighted by Gasteiger charge is 2.20. The van der Waals surface area contributed by atoms with E-state index < -0.39 is 42.0 Å². The molecule has 0 rings (SSSR count). The van der Waals surface area contributed by atoms with Gasteiger partial charge in [0.15, 0.2) is 6.10 Å². The Kier molecular flexibility index (Phi) is 24.0. The van der Waals surface area contributed by atoms with Crippen LogP contribution in [-0.2, 0) is 19.2 Å². The van der Waals surface area contributed by atoms with Gasteiger partial charge in [0.2, 0.25) is 0 Å². The van der Waals surface area contributed by atoms with Crippen molar-refractivity contribution in [1.82, 2.24) is 0 Å². The molecule has 0 heterocycles. The molecular formula is C10H19ClO10. The number of rotatable bonds is 3. The number of halogens is 1. The van der Waals surface area contributed by atoms with Gasteiger partial charge in [0.05, 0.1) is 6.61 Å². The molecule has 0 unspecified atom stereocenters. The zero-order valence-electron chi connectivity index (χ0n) is 11.6. The molecule has 10 nitrogen and oxygen atoms in total. The predicted molar refractivity (Wildman–Crippen MR) is 69.9 cm³/mol. The molecule has 6 N–H and O–H groups in total. The molecule has 0 saturated heterocycles. The second-order valence-electron chi connectivity index (χ2n) is 3.06. The van der Waals surface area contributed by atoms with E-state index in [-0.39, 0.29) is 0 Å². The minimum atomic E-state index is -1.68. The quantitative estimate of drug-likeness (QED) is 0.339. The number of carboxylic acids is 3. The lowest BCUT2D eigenvalue weighted by Crippen LogP contribution is -2.33. The normalized spacial score (nSPS) is 10.8. The van der Waals surface area contributed by atoms with Gasteiger partial charge in [0.1, 0.15) is 6.10 Å². The van der Waals surface area contributed by atoms with E-state index in [1.807, 2.05) is 0 Å². The highest BCUT2D eigenvalue weighted by molar-refractivity contribution is 6.64. The molecule has 0 aliphatic carbocycles. The van der Waals surface area contributed by atoms with Crippen molar-refractivity contribution in [3.63, 3.8) is 0 Å². The van der Waals surface area contributed by atoms with Crippen molar-refractivity contribution >= 4 is 34.8 Å². The van der Waals surface area contributed by atoms with E-state index in [0.717, 1.165) is 20.8 Å². The summed E-state index contributed by atoms with van der Waals surface area (Å²) in [5, 5.41) is 46.3. The van der Waals surface area contributed by atoms with Gasteiger partial charge < -0.3 is 30.6 Å². The Hall–Kier alpha value is -1.75. The summed E-state index contributed by atoms with van der Waals surface area (Å²) in [4.78, 5) is 37.0. The summed E-state index contributed by atoms with van der Waals surface area (Å²) in [5.74, 6) is -2.50. The summed E-state index contributed by atoms with van der Waals surface area (Å²) >= 11 is 4.74. The van der Waals surface area contributed by atoms with Gasteiger partial charge in [-0.1, -0.05) is 0 Å². The molecule has 0 aliphatic heterocycles. The first kappa shape index (κ1) is 27.6. The molecule has 0 fully saturated rings. The van der Waals surface area contributed by atoms with Gasteiger partial charge >= 0.3 is 0 Å². The van der Waals surface area contributed by atoms with Crippen molar-refractivity contribution in [2.45, 2.75) is 33.0 Å². The van der Waals surface area contributed by atoms with Crippen molar-refractivity contribution < 1.29 is 49.8 Å². The van der Waals surface area contributed by atoms with Crippen LogP contribution in [0.25, 0.3) is 0 Å². The van der Waals surface area contributed by atoms with Crippen LogP contribution in [0, 0.1) is 0 Å². The number of aliphatic hydroxyl groups excluding tert-OH is 3. The van der Waals surface area contributed by atoms with Gasteiger partial charge in [-0.2, -0.15) is 0 Å². The topological polar surface area (TPSA) is 190 Å². The number of aliphatic carboxylic acids is 3. The molecule has 11 heteroatoms. The molecule has 0 aromatic carbocycles. The Morgan fingerprint density at radius 3 is 1.10 bits per heavy atom. The zero-order chi connectivity index (χ0) is 18.2. The Labute approximate surface area is 125 Å². The Balaban J connectivity index is -0.000000102. The Morgan fingerprint density at radius 1 is 0.857 bits per heavy atom. The molecule has 126 valence electrons. The highest BCUT2D eigenvalue weighted by atomic mass is 35.5. The molecule has 0 bridgehead atoms. The van der Waals surface area contributed by atoms with Crippen molar-refractivity contribution in [2.75, 3.05) is 6.61 Å². The fraction of sp³-hybridized carbons (Fsp3) is 0.600. The van der Waals surface area contributed by atoms with Crippen LogP contribution in [0.4, 0.5) is 0 Å². The number of hydrogen-bond donors (Lipinski definition) is 6. The van der Waals surface area contributed by atoms with E-state index in [2.05, 4.69) is 0 Å². The van der Waals surface area contributed by atoms with Crippen LogP contribution in [-0.4, -0.2) is 72.6 Å². The zero-order valence-corrected chi connectivity index (χ0v) is 12.3. The largest absolute Gasteiger partial charge is 0.481 e. The molecule has 0 aromatic rings. The predicted octanol–water partition coefficient (Wildman–Crippen LogP) is -1.26. The minimum absolute atomic E-state index is 0.681. The van der Waals surface area contributed by atoms with Crippen LogP contribution >= 0.6 is 11.6 Å². The van der Waals surface area contributed by atoms with E-state index in [9.17, 15) is 4.79 Å². The number of aliphatic hydroxyl groups is 3. The lowest BCUT2D eigenvalue weighted by atomic mass is 10.2. The second kappa shape index (κ2) is 18.2. The number of carbonyl (C=O) groups is 4. The monoisotopic (exact) mass is 334 g/mol. The average Bonchev–Trinajstić information content (AvgIpc) is 2.24. The van der Waals surface area contributed by atoms with Gasteiger partial charge in [-0.25, -0.2) is 0 Å². The van der Waals surface area contributed by atoms with E-state index in [1.54, 1.807) is 0 Å². The number of hydrogen-bond acceptors (Lipinski definition) is 7. The molecule has 21 heavy (non-hydrogen) atoms. The average molecular weight is 335 g/mol. The Bertz CT molecular complexity index is 276. The maximum Gasteiger partial charge on any atom is 0.300 e. The molecular weight excluding hydrogens is 316 g/mol. The third-order valence-corrected chi connectivity index (χ3v) is 1.01. The minimum Gasteiger partial charge on any atom is -0.481 e. The van der Waals surface area contributed by atoms with Crippen LogP contribution < -0.4 is 0 Å². The molecule has 0 amide bonds. The third kappa shape index (κ3) is 70.8. The first-order chi connectivity index (χ1) is 9.29. The van der Waals surface area contributed by atoms with Gasteiger partial charge in [0, 0.05) is 20.8 Å². The van der Waals surface area contributed by atoms with E-state index in [1.165, 1.54) is 0 Å². The smallest absolute Gasteiger partial charge is 0.300 e. The van der Waals surface area contributed by atoms with E-state index >= 15 is 0 Å². The molecule has 0 aromatic heterocycles. The summed E-state index contributed by atoms with van der Waals surface area (Å²) in [6, 6.07) is 0. The fourth-order valence-corrected chi connectivity index (χ4v) is 0.397. The fourth-order valence-electron chi connectivity index (χ4n) is 0.251. The summed E-state index contributed by atoms with van der Waals surface area (Å²) < 4.78 is 0. The SMILES string of the molecule is CC(=O)O.CC(=O)O.CC(=O)O.O=C(Cl)[C@@H](O)[C@H](O)CO. The number of carboxylic acid groups (broad SMARTS) is 3. The van der Waals surface area contributed by atoms with Crippen molar-refractivity contribution in [3.05, 3.63) is 0 Å². The standard InChI is InChI=1S/C4H7ClO4.3C2H4O2/c5-4(9)3(8)2(7)1-6;3*1-2(3)4/h2-3,6-8H,1H2;3*1H3,(H,3,4)/t2-,3+;;;/m1.../s1. The van der Waals surface area contributed by atoms with Gasteiger partial charge in [-0.05, 0) is 11.6 Å². The second-order valence-corrected chi connectivity index (χ2v) is 3.43. The molecule has 0 spiro atoms. The summed E-state index contributed by atoms with van der Waals surface area (Å²) in [5.41, 5.74) is 0. The summed E-state index contributed by atoms with van der Waals surface area (Å²) in [6.45, 7) is 2.57. The first-order valence-corrected chi connectivity index (χ1v) is 5.42. The van der Waals surface area contributed by atoms with Crippen molar-refractivity contribution in [2.24, 2.45) is 0 Å². The van der Waals surface area contributed by atoms with E-state index in [0.29, 0.717) is 0 Å². The van der Waals surface area contributed by atoms with Gasteiger partial charge in [-0.3, -0.25) is 19.2 Å². The highest BCUT2D eigenvalue weighted by Crippen LogP contribution is 1.96. The Morgan fingerprint density at radius 2 is 1.05 bits per heavy atom. The summed E-state index contributed by atoms with van der Waals surface area (Å²) in [7, 11) is 0. The van der Waals surface area contributed by atoms with Crippen LogP contribution in [0.15, 0.2) is 0 Å². The van der Waals surface area contributed by atoms with Crippen LogP contribution in [0.1, 0.15) is 20.8 Å². The van der Waals surface area contributed by atoms with Crippen LogP contribution in [0.2, 0.25) is 0 Å². The van der Waals surface area contributed by atoms with Crippen LogP contribution in [0.5, 0.6) is 0 Å². The van der Waals surface area contributed by atoms with Gasteiger partial charge in [0.25, 0.3) is 23.2 Å². The maximum atomic E-state index is 9.99. The summed E-state index contributed by atoms with van der Waals surface area (Å²) in [6.07, 6.45) is -3.16. The molecule has 0 aliphatic rings. The number of carbonyl (C=O) groups excluding carboxylic acids is 1. The maximum absolute atomic E-state index is 9.99. The lowest BCUT2D eigenvalue weighted by molar-refractivity contribution is -0.135. The molecule has 0 saturated carbocycles. The first-order valence-electron chi connectivity index (χ1n) is 5.04. The lowest BCUT2D eigenvalue weighted by Gasteiger charge is -2.09. The van der Waals surface area contributed by atoms with Crippen LogP contribution in [0.3, 0.4) is 0 Å². The molecule has 2 atom stereocenters. The molecule has 0 radical (unpaired) electrons. The van der Waals surface area contributed by atoms with Gasteiger partial charge in [-0.15, -0.1) is 0 Å². The van der Waals surface area contributed by atoms with Crippen molar-refractivity contribution in [3.8, 4) is 0 Å². The van der Waals surface area contributed by atoms with Crippen molar-refractivity contribution in [1.29, 1.82) is 0 Å². The van der Waals surface area contributed by atoms with E-state index in [4.69, 9.17) is 56.6 Å².